The van der Waals surface area contributed by atoms with Gasteiger partial charge in [-0.1, -0.05) is 12.1 Å². The summed E-state index contributed by atoms with van der Waals surface area (Å²) in [7, 11) is 1.79. The van der Waals surface area contributed by atoms with Crippen LogP contribution in [0.3, 0.4) is 0 Å². The molecule has 0 radical (unpaired) electrons. The number of hydrogen-bond acceptors (Lipinski definition) is 4. The van der Waals surface area contributed by atoms with E-state index in [0.717, 1.165) is 5.69 Å². The molecule has 90 valence electrons. The molecule has 0 saturated heterocycles. The van der Waals surface area contributed by atoms with Gasteiger partial charge < -0.3 is 9.63 Å². The lowest BCUT2D eigenvalue weighted by Gasteiger charge is -1.98. The standard InChI is InChI=1S/C11H13N3O3/c1-4-8-9(11(15)16)10(13-17-8)7-5-12-14(3)6(7)2/h5H,4H2,1-3H3,(H,15,16). The molecule has 2 heterocycles. The van der Waals surface area contributed by atoms with E-state index in [9.17, 15) is 9.90 Å². The molecule has 0 atom stereocenters. The molecule has 0 aromatic carbocycles. The zero-order chi connectivity index (χ0) is 12.6. The molecule has 0 amide bonds. The first-order valence-electron chi connectivity index (χ1n) is 5.27. The molecule has 0 spiro atoms. The lowest BCUT2D eigenvalue weighted by Crippen LogP contribution is -2.01. The predicted molar refractivity (Wildman–Crippen MR) is 59.8 cm³/mol. The van der Waals surface area contributed by atoms with Crippen molar-refractivity contribution in [3.05, 3.63) is 23.2 Å². The van der Waals surface area contributed by atoms with Crippen LogP contribution < -0.4 is 0 Å². The molecule has 6 heteroatoms. The second kappa shape index (κ2) is 4.04. The number of carbonyl (C=O) groups is 1. The van der Waals surface area contributed by atoms with E-state index in [2.05, 4.69) is 10.3 Å². The largest absolute Gasteiger partial charge is 0.477 e. The fourth-order valence-electron chi connectivity index (χ4n) is 1.70. The Hall–Kier alpha value is -2.11. The van der Waals surface area contributed by atoms with Gasteiger partial charge in [0.15, 0.2) is 5.76 Å². The minimum absolute atomic E-state index is 0.128. The zero-order valence-corrected chi connectivity index (χ0v) is 9.89. The van der Waals surface area contributed by atoms with Crippen LogP contribution in [0.2, 0.25) is 0 Å². The van der Waals surface area contributed by atoms with E-state index in [0.29, 0.717) is 23.4 Å². The number of rotatable bonds is 3. The maximum absolute atomic E-state index is 11.2. The van der Waals surface area contributed by atoms with Gasteiger partial charge in [0.05, 0.1) is 6.20 Å². The summed E-state index contributed by atoms with van der Waals surface area (Å²) in [5.74, 6) is -0.642. The Morgan fingerprint density at radius 1 is 1.59 bits per heavy atom. The average Bonchev–Trinajstić information content (AvgIpc) is 2.84. The Labute approximate surface area is 97.8 Å². The third kappa shape index (κ3) is 1.71. The van der Waals surface area contributed by atoms with Crippen molar-refractivity contribution in [2.24, 2.45) is 7.05 Å². The summed E-state index contributed by atoms with van der Waals surface area (Å²) in [6.07, 6.45) is 2.09. The van der Waals surface area contributed by atoms with E-state index < -0.39 is 5.97 Å². The lowest BCUT2D eigenvalue weighted by atomic mass is 10.1. The topological polar surface area (TPSA) is 81.2 Å². The highest BCUT2D eigenvalue weighted by molar-refractivity contribution is 5.96. The number of hydrogen-bond donors (Lipinski definition) is 1. The van der Waals surface area contributed by atoms with Gasteiger partial charge in [0.25, 0.3) is 0 Å². The van der Waals surface area contributed by atoms with Crippen LogP contribution in [0.25, 0.3) is 11.3 Å². The van der Waals surface area contributed by atoms with Crippen LogP contribution in [0.4, 0.5) is 0 Å². The molecular formula is C11H13N3O3. The fraction of sp³-hybridized carbons (Fsp3) is 0.364. The smallest absolute Gasteiger partial charge is 0.341 e. The molecule has 2 aromatic heterocycles. The maximum Gasteiger partial charge on any atom is 0.341 e. The third-order valence-corrected chi connectivity index (χ3v) is 2.79. The maximum atomic E-state index is 11.2. The van der Waals surface area contributed by atoms with Crippen molar-refractivity contribution in [2.75, 3.05) is 0 Å². The number of carboxylic acid groups (broad SMARTS) is 1. The molecule has 1 N–H and O–H groups in total. The highest BCUT2D eigenvalue weighted by Crippen LogP contribution is 2.28. The fourth-order valence-corrected chi connectivity index (χ4v) is 1.70. The minimum atomic E-state index is -1.03. The van der Waals surface area contributed by atoms with E-state index in [1.807, 2.05) is 13.8 Å². The molecular weight excluding hydrogens is 222 g/mol. The molecule has 0 bridgehead atoms. The summed E-state index contributed by atoms with van der Waals surface area (Å²) >= 11 is 0. The molecule has 0 fully saturated rings. The first kappa shape index (κ1) is 11.4. The van der Waals surface area contributed by atoms with Gasteiger partial charge in [0.1, 0.15) is 11.3 Å². The second-order valence-corrected chi connectivity index (χ2v) is 3.76. The SMILES string of the molecule is CCc1onc(-c2cnn(C)c2C)c1C(=O)O. The van der Waals surface area contributed by atoms with Gasteiger partial charge in [-0.15, -0.1) is 0 Å². The summed E-state index contributed by atoms with van der Waals surface area (Å²) in [5.41, 5.74) is 2.01. The van der Waals surface area contributed by atoms with Crippen LogP contribution >= 0.6 is 0 Å². The summed E-state index contributed by atoms with van der Waals surface area (Å²) in [4.78, 5) is 11.2. The van der Waals surface area contributed by atoms with E-state index >= 15 is 0 Å². The number of aryl methyl sites for hydroxylation is 2. The number of aromatic carboxylic acids is 1. The second-order valence-electron chi connectivity index (χ2n) is 3.76. The van der Waals surface area contributed by atoms with Crippen LogP contribution in [0.1, 0.15) is 28.7 Å². The van der Waals surface area contributed by atoms with Gasteiger partial charge in [-0.25, -0.2) is 4.79 Å². The zero-order valence-electron chi connectivity index (χ0n) is 9.89. The third-order valence-electron chi connectivity index (χ3n) is 2.79. The molecule has 0 aliphatic carbocycles. The minimum Gasteiger partial charge on any atom is -0.477 e. The van der Waals surface area contributed by atoms with Crippen LogP contribution in [0.15, 0.2) is 10.7 Å². The Morgan fingerprint density at radius 3 is 2.76 bits per heavy atom. The van der Waals surface area contributed by atoms with E-state index in [4.69, 9.17) is 4.52 Å². The van der Waals surface area contributed by atoms with Crippen molar-refractivity contribution in [1.82, 2.24) is 14.9 Å². The van der Waals surface area contributed by atoms with Gasteiger partial charge >= 0.3 is 5.97 Å². The summed E-state index contributed by atoms with van der Waals surface area (Å²) in [5, 5.41) is 17.1. The van der Waals surface area contributed by atoms with Crippen molar-refractivity contribution in [3.8, 4) is 11.3 Å². The first-order chi connectivity index (χ1) is 8.06. The monoisotopic (exact) mass is 235 g/mol. The van der Waals surface area contributed by atoms with Crippen LogP contribution in [-0.4, -0.2) is 26.0 Å². The van der Waals surface area contributed by atoms with Gasteiger partial charge in [-0.3, -0.25) is 4.68 Å². The van der Waals surface area contributed by atoms with E-state index in [-0.39, 0.29) is 5.56 Å². The van der Waals surface area contributed by atoms with Crippen molar-refractivity contribution in [2.45, 2.75) is 20.3 Å². The summed E-state index contributed by atoms with van der Waals surface area (Å²) < 4.78 is 6.72. The van der Waals surface area contributed by atoms with Gasteiger partial charge in [0, 0.05) is 24.7 Å². The first-order valence-corrected chi connectivity index (χ1v) is 5.27. The van der Waals surface area contributed by atoms with Crippen LogP contribution in [-0.2, 0) is 13.5 Å². The molecule has 17 heavy (non-hydrogen) atoms. The lowest BCUT2D eigenvalue weighted by molar-refractivity contribution is 0.0695. The molecule has 0 aliphatic heterocycles. The Kier molecular flexibility index (Phi) is 2.71. The molecule has 6 nitrogen and oxygen atoms in total. The Bertz CT molecular complexity index is 569. The number of nitrogens with zero attached hydrogens (tertiary/aromatic N) is 3. The highest BCUT2D eigenvalue weighted by Gasteiger charge is 2.24. The average molecular weight is 235 g/mol. The number of carboxylic acids is 1. The van der Waals surface area contributed by atoms with Crippen molar-refractivity contribution in [1.29, 1.82) is 0 Å². The van der Waals surface area contributed by atoms with Crippen LogP contribution in [0, 0.1) is 6.92 Å². The molecule has 2 aromatic rings. The van der Waals surface area contributed by atoms with Gasteiger partial charge in [-0.05, 0) is 6.92 Å². The van der Waals surface area contributed by atoms with E-state index in [1.165, 1.54) is 0 Å². The molecule has 0 unspecified atom stereocenters. The quantitative estimate of drug-likeness (QED) is 0.874. The summed E-state index contributed by atoms with van der Waals surface area (Å²) in [6.45, 7) is 3.68. The predicted octanol–water partition coefficient (Wildman–Crippen LogP) is 1.64. The number of aromatic nitrogens is 3. The highest BCUT2D eigenvalue weighted by atomic mass is 16.5. The molecule has 0 aliphatic rings. The van der Waals surface area contributed by atoms with Crippen LogP contribution in [0.5, 0.6) is 0 Å². The van der Waals surface area contributed by atoms with E-state index in [1.54, 1.807) is 17.9 Å². The molecule has 0 saturated carbocycles. The Balaban J connectivity index is 2.64. The Morgan fingerprint density at radius 2 is 2.29 bits per heavy atom. The van der Waals surface area contributed by atoms with Crippen molar-refractivity contribution in [3.63, 3.8) is 0 Å². The van der Waals surface area contributed by atoms with Crippen molar-refractivity contribution < 1.29 is 14.4 Å². The summed E-state index contributed by atoms with van der Waals surface area (Å²) in [6, 6.07) is 0. The molecule has 2 rings (SSSR count). The van der Waals surface area contributed by atoms with Gasteiger partial charge in [-0.2, -0.15) is 5.10 Å². The van der Waals surface area contributed by atoms with Gasteiger partial charge in [0.2, 0.25) is 0 Å². The normalized spacial score (nSPS) is 10.8. The van der Waals surface area contributed by atoms with Crippen molar-refractivity contribution >= 4 is 5.97 Å².